The minimum Gasteiger partial charge on any atom is -0.464 e. The van der Waals surface area contributed by atoms with Gasteiger partial charge in [0.05, 0.1) is 13.2 Å². The Labute approximate surface area is 137 Å². The Morgan fingerprint density at radius 1 is 1.00 bits per heavy atom. The number of hydrogen-bond acceptors (Lipinski definition) is 4. The molecule has 3 aliphatic rings. The highest BCUT2D eigenvalue weighted by Crippen LogP contribution is 2.41. The van der Waals surface area contributed by atoms with Gasteiger partial charge in [0.1, 0.15) is 6.04 Å². The van der Waals surface area contributed by atoms with Crippen LogP contribution in [-0.4, -0.2) is 59.9 Å². The Hall–Kier alpha value is -1.59. The largest absolute Gasteiger partial charge is 0.464 e. The second-order valence-corrected chi connectivity index (χ2v) is 7.22. The molecule has 0 radical (unpaired) electrons. The quantitative estimate of drug-likeness (QED) is 0.721. The fourth-order valence-electron chi connectivity index (χ4n) is 3.47. The molecular weight excluding hydrogens is 296 g/mol. The van der Waals surface area contributed by atoms with E-state index in [0.29, 0.717) is 24.9 Å². The normalized spacial score (nSPS) is 35.7. The molecule has 3 rings (SSSR count). The van der Waals surface area contributed by atoms with E-state index in [-0.39, 0.29) is 36.8 Å². The fraction of sp³-hybridized carbons (Fsp3) is 0.824. The molecule has 5 atom stereocenters. The Kier molecular flexibility index (Phi) is 4.34. The summed E-state index contributed by atoms with van der Waals surface area (Å²) in [6.45, 7) is 7.38. The van der Waals surface area contributed by atoms with Gasteiger partial charge in [-0.3, -0.25) is 9.59 Å². The van der Waals surface area contributed by atoms with E-state index >= 15 is 0 Å². The molecule has 0 aromatic carbocycles. The summed E-state index contributed by atoms with van der Waals surface area (Å²) in [6, 6.07) is -0.651. The first-order chi connectivity index (χ1) is 10.9. The summed E-state index contributed by atoms with van der Waals surface area (Å²) in [5.41, 5.74) is 0. The van der Waals surface area contributed by atoms with Crippen molar-refractivity contribution in [2.45, 2.75) is 39.7 Å². The van der Waals surface area contributed by atoms with E-state index in [4.69, 9.17) is 4.74 Å². The van der Waals surface area contributed by atoms with Crippen molar-refractivity contribution in [2.24, 2.45) is 23.7 Å². The fourth-order valence-corrected chi connectivity index (χ4v) is 3.47. The molecule has 1 aliphatic heterocycles. The minimum atomic E-state index is -0.651. The third kappa shape index (κ3) is 3.21. The van der Waals surface area contributed by atoms with Crippen molar-refractivity contribution in [1.29, 1.82) is 0 Å². The van der Waals surface area contributed by atoms with Gasteiger partial charge >= 0.3 is 5.97 Å². The Balaban J connectivity index is 1.69. The number of carbonyl (C=O) groups excluding carboxylic acids is 3. The van der Waals surface area contributed by atoms with Gasteiger partial charge in [-0.1, -0.05) is 13.8 Å². The number of nitrogens with zero attached hydrogens (tertiary/aromatic N) is 2. The van der Waals surface area contributed by atoms with E-state index in [0.717, 1.165) is 12.8 Å². The van der Waals surface area contributed by atoms with Crippen LogP contribution in [0.3, 0.4) is 0 Å². The molecule has 2 saturated carbocycles. The highest BCUT2D eigenvalue weighted by Gasteiger charge is 2.48. The van der Waals surface area contributed by atoms with Crippen molar-refractivity contribution in [2.75, 3.05) is 26.2 Å². The van der Waals surface area contributed by atoms with Crippen molar-refractivity contribution in [3.05, 3.63) is 0 Å². The topological polar surface area (TPSA) is 66.9 Å². The Morgan fingerprint density at radius 2 is 1.57 bits per heavy atom. The van der Waals surface area contributed by atoms with Gasteiger partial charge in [0.15, 0.2) is 0 Å². The maximum absolute atomic E-state index is 12.6. The Morgan fingerprint density at radius 3 is 2.09 bits per heavy atom. The number of carbonyl (C=O) groups is 3. The molecule has 6 nitrogen and oxygen atoms in total. The van der Waals surface area contributed by atoms with Crippen molar-refractivity contribution < 1.29 is 19.1 Å². The maximum atomic E-state index is 12.6. The van der Waals surface area contributed by atoms with Crippen molar-refractivity contribution in [3.63, 3.8) is 0 Å². The van der Waals surface area contributed by atoms with Gasteiger partial charge in [-0.15, -0.1) is 0 Å². The molecule has 128 valence electrons. The van der Waals surface area contributed by atoms with Crippen molar-refractivity contribution >= 4 is 17.8 Å². The second kappa shape index (κ2) is 6.13. The summed E-state index contributed by atoms with van der Waals surface area (Å²) < 4.78 is 5.14. The molecule has 0 aromatic rings. The van der Waals surface area contributed by atoms with Crippen LogP contribution in [0.15, 0.2) is 0 Å². The highest BCUT2D eigenvalue weighted by atomic mass is 16.5. The van der Waals surface area contributed by atoms with Crippen LogP contribution in [0.25, 0.3) is 0 Å². The average molecular weight is 322 g/mol. The van der Waals surface area contributed by atoms with E-state index in [1.54, 1.807) is 16.7 Å². The average Bonchev–Trinajstić information content (AvgIpc) is 3.44. The zero-order valence-corrected chi connectivity index (χ0v) is 14.2. The molecule has 2 aliphatic carbocycles. The lowest BCUT2D eigenvalue weighted by atomic mass is 10.1. The first-order valence-corrected chi connectivity index (χ1v) is 8.70. The SMILES string of the molecule is CCOC(=O)C1CN(C(=O)C2CC2C)CCN1C(=O)C1CC1C. The molecular formula is C17H26N2O4. The standard InChI is InChI=1S/C17H26N2O4/c1-4-23-17(22)14-9-18(15(20)12-7-10(12)2)5-6-19(14)16(21)13-8-11(13)3/h10-14H,4-9H2,1-3H3. The van der Waals surface area contributed by atoms with E-state index in [1.807, 2.05) is 0 Å². The van der Waals surface area contributed by atoms with Gasteiger partial charge in [0.2, 0.25) is 11.8 Å². The molecule has 0 N–H and O–H groups in total. The summed E-state index contributed by atoms with van der Waals surface area (Å²) in [7, 11) is 0. The lowest BCUT2D eigenvalue weighted by molar-refractivity contribution is -0.161. The minimum absolute atomic E-state index is 0.0395. The molecule has 0 spiro atoms. The third-order valence-corrected chi connectivity index (χ3v) is 5.39. The van der Waals surface area contributed by atoms with Gasteiger partial charge in [0.25, 0.3) is 0 Å². The third-order valence-electron chi connectivity index (χ3n) is 5.39. The highest BCUT2D eigenvalue weighted by molar-refractivity contribution is 5.89. The number of piperazine rings is 1. The van der Waals surface area contributed by atoms with Crippen LogP contribution in [0, 0.1) is 23.7 Å². The zero-order chi connectivity index (χ0) is 16.7. The van der Waals surface area contributed by atoms with E-state index < -0.39 is 12.0 Å². The molecule has 5 unspecified atom stereocenters. The number of ether oxygens (including phenoxy) is 1. The smallest absolute Gasteiger partial charge is 0.330 e. The van der Waals surface area contributed by atoms with Crippen LogP contribution in [-0.2, 0) is 19.1 Å². The van der Waals surface area contributed by atoms with Crippen LogP contribution in [0.2, 0.25) is 0 Å². The molecule has 23 heavy (non-hydrogen) atoms. The van der Waals surface area contributed by atoms with Crippen molar-refractivity contribution in [1.82, 2.24) is 9.80 Å². The van der Waals surface area contributed by atoms with Crippen LogP contribution in [0.4, 0.5) is 0 Å². The molecule has 1 saturated heterocycles. The maximum Gasteiger partial charge on any atom is 0.330 e. The zero-order valence-electron chi connectivity index (χ0n) is 14.2. The predicted molar refractivity (Wildman–Crippen MR) is 83.3 cm³/mol. The summed E-state index contributed by atoms with van der Waals surface area (Å²) in [6.07, 6.45) is 1.83. The van der Waals surface area contributed by atoms with Gasteiger partial charge in [-0.2, -0.15) is 0 Å². The van der Waals surface area contributed by atoms with Gasteiger partial charge in [-0.05, 0) is 31.6 Å². The first-order valence-electron chi connectivity index (χ1n) is 8.70. The summed E-state index contributed by atoms with van der Waals surface area (Å²) in [4.78, 5) is 40.7. The van der Waals surface area contributed by atoms with Crippen LogP contribution in [0.1, 0.15) is 33.6 Å². The van der Waals surface area contributed by atoms with Crippen LogP contribution >= 0.6 is 0 Å². The van der Waals surface area contributed by atoms with Gasteiger partial charge < -0.3 is 14.5 Å². The van der Waals surface area contributed by atoms with E-state index in [9.17, 15) is 14.4 Å². The number of esters is 1. The van der Waals surface area contributed by atoms with Gasteiger partial charge in [-0.25, -0.2) is 4.79 Å². The van der Waals surface area contributed by atoms with Crippen LogP contribution < -0.4 is 0 Å². The number of hydrogen-bond donors (Lipinski definition) is 0. The lowest BCUT2D eigenvalue weighted by Gasteiger charge is -2.40. The number of rotatable bonds is 4. The summed E-state index contributed by atoms with van der Waals surface area (Å²) >= 11 is 0. The van der Waals surface area contributed by atoms with Crippen molar-refractivity contribution in [3.8, 4) is 0 Å². The molecule has 2 amide bonds. The number of amides is 2. The molecule has 6 heteroatoms. The summed E-state index contributed by atoms with van der Waals surface area (Å²) in [5, 5.41) is 0. The Bertz CT molecular complexity index is 521. The molecule has 0 aromatic heterocycles. The predicted octanol–water partition coefficient (Wildman–Crippen LogP) is 0.901. The summed E-state index contributed by atoms with van der Waals surface area (Å²) in [5.74, 6) is 0.755. The lowest BCUT2D eigenvalue weighted by Crippen LogP contribution is -2.60. The monoisotopic (exact) mass is 322 g/mol. The van der Waals surface area contributed by atoms with Gasteiger partial charge in [0, 0.05) is 24.9 Å². The van der Waals surface area contributed by atoms with E-state index in [2.05, 4.69) is 13.8 Å². The molecule has 1 heterocycles. The van der Waals surface area contributed by atoms with E-state index in [1.165, 1.54) is 0 Å². The second-order valence-electron chi connectivity index (χ2n) is 7.22. The van der Waals surface area contributed by atoms with Crippen LogP contribution in [0.5, 0.6) is 0 Å². The molecule has 0 bridgehead atoms. The first kappa shape index (κ1) is 16.3. The molecule has 3 fully saturated rings.